The van der Waals surface area contributed by atoms with Gasteiger partial charge in [-0.3, -0.25) is 4.79 Å². The first-order valence-corrected chi connectivity index (χ1v) is 9.39. The fraction of sp³-hybridized carbons (Fsp3) is 0.211. The summed E-state index contributed by atoms with van der Waals surface area (Å²) in [4.78, 5) is 12.1. The van der Waals surface area contributed by atoms with E-state index in [0.29, 0.717) is 23.9 Å². The molecule has 0 unspecified atom stereocenters. The molecule has 1 heterocycles. The third-order valence-corrected chi connectivity index (χ3v) is 5.02. The first-order valence-electron chi connectivity index (χ1n) is 8.41. The molecule has 0 saturated carbocycles. The molecule has 0 aliphatic carbocycles. The molecule has 1 amide bonds. The zero-order chi connectivity index (χ0) is 19.2. The van der Waals surface area contributed by atoms with Crippen molar-refractivity contribution in [2.45, 2.75) is 25.0 Å². The van der Waals surface area contributed by atoms with Crippen molar-refractivity contribution in [2.75, 3.05) is 11.6 Å². The van der Waals surface area contributed by atoms with E-state index >= 15 is 0 Å². The minimum Gasteiger partial charge on any atom is -0.351 e. The molecule has 0 saturated heterocycles. The lowest BCUT2D eigenvalue weighted by atomic mass is 10.1. The van der Waals surface area contributed by atoms with Gasteiger partial charge in [0.2, 0.25) is 11.1 Å². The van der Waals surface area contributed by atoms with E-state index in [2.05, 4.69) is 15.5 Å². The highest BCUT2D eigenvalue weighted by molar-refractivity contribution is 7.99. The van der Waals surface area contributed by atoms with Crippen molar-refractivity contribution in [3.63, 3.8) is 0 Å². The van der Waals surface area contributed by atoms with Gasteiger partial charge in [0.15, 0.2) is 5.82 Å². The molecule has 8 heteroatoms. The summed E-state index contributed by atoms with van der Waals surface area (Å²) in [6.07, 6.45) is 0.434. The number of nitrogens with one attached hydrogen (secondary N) is 1. The Morgan fingerprint density at radius 2 is 1.93 bits per heavy atom. The molecule has 0 bridgehead atoms. The summed E-state index contributed by atoms with van der Waals surface area (Å²) in [6, 6.07) is 14.0. The van der Waals surface area contributed by atoms with Crippen molar-refractivity contribution in [2.24, 2.45) is 0 Å². The van der Waals surface area contributed by atoms with Gasteiger partial charge in [-0.15, -0.1) is 10.2 Å². The number of nitrogens with zero attached hydrogens (tertiary/aromatic N) is 3. The molecule has 0 spiro atoms. The Morgan fingerprint density at radius 1 is 1.19 bits per heavy atom. The van der Waals surface area contributed by atoms with Gasteiger partial charge in [0.25, 0.3) is 0 Å². The summed E-state index contributed by atoms with van der Waals surface area (Å²) in [5.41, 5.74) is 3.10. The second kappa shape index (κ2) is 8.68. The maximum atomic E-state index is 13.0. The first-order chi connectivity index (χ1) is 13.0. The predicted molar refractivity (Wildman–Crippen MR) is 103 cm³/mol. The number of nitrogens with two attached hydrogens (primary N) is 1. The van der Waals surface area contributed by atoms with E-state index in [1.54, 1.807) is 12.1 Å². The fourth-order valence-corrected chi connectivity index (χ4v) is 3.20. The maximum absolute atomic E-state index is 13.0. The number of amides is 1. The Hall–Kier alpha value is -2.87. The Labute approximate surface area is 161 Å². The normalized spacial score (nSPS) is 10.7. The first kappa shape index (κ1) is 18.9. The molecule has 3 aromatic rings. The van der Waals surface area contributed by atoms with Crippen molar-refractivity contribution in [1.82, 2.24) is 20.2 Å². The highest BCUT2D eigenvalue weighted by atomic mass is 32.2. The van der Waals surface area contributed by atoms with Gasteiger partial charge in [-0.25, -0.2) is 9.07 Å². The second-order valence-electron chi connectivity index (χ2n) is 6.06. The zero-order valence-electron chi connectivity index (χ0n) is 14.9. The average Bonchev–Trinajstić information content (AvgIpc) is 3.01. The van der Waals surface area contributed by atoms with Crippen molar-refractivity contribution < 1.29 is 9.18 Å². The number of thioether (sulfide) groups is 1. The zero-order valence-corrected chi connectivity index (χ0v) is 15.7. The van der Waals surface area contributed by atoms with Crippen LogP contribution < -0.4 is 11.2 Å². The molecule has 27 heavy (non-hydrogen) atoms. The average molecular weight is 385 g/mol. The van der Waals surface area contributed by atoms with Gasteiger partial charge in [-0.2, -0.15) is 0 Å². The van der Waals surface area contributed by atoms with Crippen LogP contribution in [-0.4, -0.2) is 26.5 Å². The van der Waals surface area contributed by atoms with E-state index < -0.39 is 0 Å². The summed E-state index contributed by atoms with van der Waals surface area (Å²) in [7, 11) is 0. The fourth-order valence-electron chi connectivity index (χ4n) is 2.49. The van der Waals surface area contributed by atoms with Gasteiger partial charge < -0.3 is 11.2 Å². The van der Waals surface area contributed by atoms with Crippen LogP contribution >= 0.6 is 11.8 Å². The SMILES string of the molecule is Cc1ccccc1CNC(=O)CSc1nnc(Cc2ccc(F)cc2)n1N. The van der Waals surface area contributed by atoms with E-state index in [1.165, 1.54) is 28.6 Å². The van der Waals surface area contributed by atoms with Gasteiger partial charge >= 0.3 is 0 Å². The summed E-state index contributed by atoms with van der Waals surface area (Å²) >= 11 is 1.22. The summed E-state index contributed by atoms with van der Waals surface area (Å²) in [5.74, 6) is 6.36. The highest BCUT2D eigenvalue weighted by Gasteiger charge is 2.13. The molecular formula is C19H20FN5OS. The van der Waals surface area contributed by atoms with Crippen LogP contribution in [0.15, 0.2) is 53.7 Å². The summed E-state index contributed by atoms with van der Waals surface area (Å²) < 4.78 is 14.3. The minimum atomic E-state index is -0.291. The number of rotatable bonds is 7. The molecule has 6 nitrogen and oxygen atoms in total. The van der Waals surface area contributed by atoms with Gasteiger partial charge in [-0.1, -0.05) is 48.2 Å². The molecule has 0 aliphatic heterocycles. The lowest BCUT2D eigenvalue weighted by molar-refractivity contribution is -0.118. The molecule has 3 rings (SSSR count). The molecule has 3 N–H and O–H groups in total. The van der Waals surface area contributed by atoms with Crippen molar-refractivity contribution in [3.8, 4) is 0 Å². The second-order valence-corrected chi connectivity index (χ2v) is 7.01. The number of aromatic nitrogens is 3. The van der Waals surface area contributed by atoms with Crippen LogP contribution in [0.1, 0.15) is 22.5 Å². The number of benzene rings is 2. The maximum Gasteiger partial charge on any atom is 0.230 e. The molecule has 1 aromatic heterocycles. The molecule has 140 valence electrons. The summed E-state index contributed by atoms with van der Waals surface area (Å²) in [5, 5.41) is 11.4. The predicted octanol–water partition coefficient (Wildman–Crippen LogP) is 2.44. The number of nitrogen functional groups attached to an aromatic ring is 1. The van der Waals surface area contributed by atoms with Gasteiger partial charge in [0.05, 0.1) is 5.75 Å². The van der Waals surface area contributed by atoms with Crippen LogP contribution in [0.25, 0.3) is 0 Å². The lowest BCUT2D eigenvalue weighted by Gasteiger charge is -2.08. The lowest BCUT2D eigenvalue weighted by Crippen LogP contribution is -2.25. The van der Waals surface area contributed by atoms with E-state index in [0.717, 1.165) is 16.7 Å². The van der Waals surface area contributed by atoms with Crippen molar-refractivity contribution >= 4 is 17.7 Å². The van der Waals surface area contributed by atoms with Crippen LogP contribution in [0.4, 0.5) is 4.39 Å². The number of halogens is 1. The third-order valence-electron chi connectivity index (χ3n) is 4.08. The number of hydrogen-bond donors (Lipinski definition) is 2. The number of hydrogen-bond acceptors (Lipinski definition) is 5. The topological polar surface area (TPSA) is 85.8 Å². The highest BCUT2D eigenvalue weighted by Crippen LogP contribution is 2.16. The van der Waals surface area contributed by atoms with E-state index in [1.807, 2.05) is 31.2 Å². The molecule has 2 aromatic carbocycles. The number of aryl methyl sites for hydroxylation is 1. The smallest absolute Gasteiger partial charge is 0.230 e. The largest absolute Gasteiger partial charge is 0.351 e. The van der Waals surface area contributed by atoms with Crippen molar-refractivity contribution in [3.05, 3.63) is 76.9 Å². The van der Waals surface area contributed by atoms with Crippen LogP contribution in [0, 0.1) is 12.7 Å². The number of carbonyl (C=O) groups excluding carboxylic acids is 1. The van der Waals surface area contributed by atoms with Gasteiger partial charge in [0, 0.05) is 13.0 Å². The Kier molecular flexibility index (Phi) is 6.08. The monoisotopic (exact) mass is 385 g/mol. The minimum absolute atomic E-state index is 0.105. The Balaban J connectivity index is 1.52. The van der Waals surface area contributed by atoms with Crippen LogP contribution in [-0.2, 0) is 17.8 Å². The quantitative estimate of drug-likeness (QED) is 0.482. The molecule has 0 atom stereocenters. The van der Waals surface area contributed by atoms with Crippen LogP contribution in [0.5, 0.6) is 0 Å². The molecule has 0 radical (unpaired) electrons. The summed E-state index contributed by atoms with van der Waals surface area (Å²) in [6.45, 7) is 2.49. The van der Waals surface area contributed by atoms with E-state index in [-0.39, 0.29) is 17.5 Å². The Morgan fingerprint density at radius 3 is 2.67 bits per heavy atom. The standard InChI is InChI=1S/C19H20FN5OS/c1-13-4-2-3-5-15(13)11-22-18(26)12-27-19-24-23-17(25(19)21)10-14-6-8-16(20)9-7-14/h2-9H,10-12,21H2,1H3,(H,22,26). The van der Waals surface area contributed by atoms with Crippen LogP contribution in [0.3, 0.4) is 0 Å². The third kappa shape index (κ3) is 5.07. The molecular weight excluding hydrogens is 365 g/mol. The van der Waals surface area contributed by atoms with Gasteiger partial charge in [-0.05, 0) is 35.7 Å². The molecule has 0 aliphatic rings. The van der Waals surface area contributed by atoms with E-state index in [4.69, 9.17) is 5.84 Å². The molecule has 0 fully saturated rings. The van der Waals surface area contributed by atoms with Crippen molar-refractivity contribution in [1.29, 1.82) is 0 Å². The van der Waals surface area contributed by atoms with E-state index in [9.17, 15) is 9.18 Å². The Bertz CT molecular complexity index is 926. The van der Waals surface area contributed by atoms with Gasteiger partial charge in [0.1, 0.15) is 5.82 Å². The van der Waals surface area contributed by atoms with Crippen LogP contribution in [0.2, 0.25) is 0 Å². The number of carbonyl (C=O) groups is 1.